The number of hydrogen-bond acceptors (Lipinski definition) is 6. The van der Waals surface area contributed by atoms with Gasteiger partial charge in [0.25, 0.3) is 6.43 Å². The summed E-state index contributed by atoms with van der Waals surface area (Å²) in [5.41, 5.74) is 3.05. The second-order valence-corrected chi connectivity index (χ2v) is 7.83. The summed E-state index contributed by atoms with van der Waals surface area (Å²) in [5, 5.41) is 7.49. The third kappa shape index (κ3) is 3.58. The van der Waals surface area contributed by atoms with E-state index >= 15 is 0 Å². The molecule has 1 aliphatic heterocycles. The average molecular weight is 430 g/mol. The third-order valence-corrected chi connectivity index (χ3v) is 5.54. The molecule has 0 aromatic carbocycles. The van der Waals surface area contributed by atoms with Gasteiger partial charge < -0.3 is 14.8 Å². The van der Waals surface area contributed by atoms with Gasteiger partial charge in [-0.1, -0.05) is 0 Å². The van der Waals surface area contributed by atoms with E-state index in [1.54, 1.807) is 36.0 Å². The number of fused-ring (bicyclic) bond motifs is 2. The largest absolute Gasteiger partial charge is 0.346 e. The fourth-order valence-corrected chi connectivity index (χ4v) is 4.06. The predicted octanol–water partition coefficient (Wildman–Crippen LogP) is 2.78. The van der Waals surface area contributed by atoms with Crippen LogP contribution >= 0.6 is 0 Å². The normalized spacial score (nSPS) is 19.8. The molecule has 31 heavy (non-hydrogen) atoms. The van der Waals surface area contributed by atoms with Gasteiger partial charge in [0.05, 0.1) is 30.0 Å². The van der Waals surface area contributed by atoms with Crippen molar-refractivity contribution in [3.05, 3.63) is 36.4 Å². The Labute approximate surface area is 175 Å². The Kier molecular flexibility index (Phi) is 4.77. The lowest BCUT2D eigenvalue weighted by molar-refractivity contribution is 0.127. The van der Waals surface area contributed by atoms with Gasteiger partial charge in [0.2, 0.25) is 5.95 Å². The Balaban J connectivity index is 1.48. The number of aryl methyl sites for hydroxylation is 1. The van der Waals surface area contributed by atoms with E-state index in [2.05, 4.69) is 25.4 Å². The first kappa shape index (κ1) is 19.7. The Morgan fingerprint density at radius 2 is 2.03 bits per heavy atom. The van der Waals surface area contributed by atoms with Crippen LogP contribution in [0, 0.1) is 6.92 Å². The van der Waals surface area contributed by atoms with E-state index in [1.165, 1.54) is 4.57 Å². The van der Waals surface area contributed by atoms with Crippen molar-refractivity contribution in [2.24, 2.45) is 0 Å². The number of likely N-dealkylation sites (N-methyl/N-ethyl adjacent to an activating group) is 1. The number of imidazole rings is 1. The molecular weight excluding hydrogens is 409 g/mol. The molecule has 0 amide bonds. The van der Waals surface area contributed by atoms with Crippen molar-refractivity contribution in [3.63, 3.8) is 0 Å². The monoisotopic (exact) mass is 430 g/mol. The van der Waals surface area contributed by atoms with Crippen LogP contribution < -0.4 is 5.32 Å². The summed E-state index contributed by atoms with van der Waals surface area (Å²) in [6, 6.07) is 5.04. The Morgan fingerprint density at radius 3 is 2.77 bits per heavy atom. The molecule has 0 aliphatic carbocycles. The number of anilines is 1. The minimum atomic E-state index is -2.50. The van der Waals surface area contributed by atoms with Crippen molar-refractivity contribution >= 4 is 22.6 Å². The second kappa shape index (κ2) is 7.49. The van der Waals surface area contributed by atoms with Gasteiger partial charge in [0, 0.05) is 24.8 Å². The van der Waals surface area contributed by atoms with E-state index < -0.39 is 19.1 Å². The molecule has 162 valence electrons. The maximum atomic E-state index is 14.1. The quantitative estimate of drug-likeness (QED) is 0.525. The molecule has 11 heteroatoms. The summed E-state index contributed by atoms with van der Waals surface area (Å²) in [6.07, 6.45) is -0.0788. The standard InChI is InChI=1S/C20H21F3N8/c1-11-25-15-4-3-14(26-19(15)30(11)10-18(22)23)12-5-6-31-17(12)7-24-20(28-31)27-16-9-29(2)8-13(16)21/h3-7,13,16,18H,8-10H2,1-2H3,(H,27,28)/t13-,16+/m0/s1. The van der Waals surface area contributed by atoms with Crippen molar-refractivity contribution < 1.29 is 13.2 Å². The number of rotatable bonds is 5. The predicted molar refractivity (Wildman–Crippen MR) is 110 cm³/mol. The first-order valence-electron chi connectivity index (χ1n) is 9.95. The van der Waals surface area contributed by atoms with Crippen LogP contribution in [0.4, 0.5) is 19.1 Å². The molecule has 8 nitrogen and oxygen atoms in total. The van der Waals surface area contributed by atoms with Crippen molar-refractivity contribution in [2.75, 3.05) is 25.5 Å². The highest BCUT2D eigenvalue weighted by Gasteiger charge is 2.31. The van der Waals surface area contributed by atoms with Crippen molar-refractivity contribution in [1.29, 1.82) is 0 Å². The number of pyridine rings is 1. The van der Waals surface area contributed by atoms with Crippen LogP contribution in [0.1, 0.15) is 5.82 Å². The van der Waals surface area contributed by atoms with Crippen LogP contribution in [0.25, 0.3) is 27.9 Å². The highest BCUT2D eigenvalue weighted by Crippen LogP contribution is 2.27. The first-order chi connectivity index (χ1) is 14.9. The van der Waals surface area contributed by atoms with Gasteiger partial charge in [0.1, 0.15) is 17.5 Å². The highest BCUT2D eigenvalue weighted by atomic mass is 19.3. The number of aromatic nitrogens is 6. The molecule has 1 aliphatic rings. The van der Waals surface area contributed by atoms with Crippen molar-refractivity contribution in [3.8, 4) is 11.3 Å². The van der Waals surface area contributed by atoms with Crippen LogP contribution in [0.2, 0.25) is 0 Å². The molecule has 4 aromatic heterocycles. The number of alkyl halides is 3. The molecule has 2 atom stereocenters. The van der Waals surface area contributed by atoms with Crippen LogP contribution in [0.3, 0.4) is 0 Å². The zero-order chi connectivity index (χ0) is 21.7. The summed E-state index contributed by atoms with van der Waals surface area (Å²) in [7, 11) is 1.87. The van der Waals surface area contributed by atoms with Gasteiger partial charge >= 0.3 is 0 Å². The molecule has 0 bridgehead atoms. The number of halogens is 3. The molecule has 4 aromatic rings. The molecule has 0 spiro atoms. The number of nitrogens with one attached hydrogen (secondary N) is 1. The van der Waals surface area contributed by atoms with Gasteiger partial charge in [-0.05, 0) is 32.2 Å². The molecule has 1 fully saturated rings. The molecule has 0 unspecified atom stereocenters. The van der Waals surface area contributed by atoms with E-state index in [0.717, 1.165) is 5.56 Å². The van der Waals surface area contributed by atoms with Gasteiger partial charge in [-0.3, -0.25) is 0 Å². The molecule has 1 saturated heterocycles. The second-order valence-electron chi connectivity index (χ2n) is 7.83. The van der Waals surface area contributed by atoms with Gasteiger partial charge in [0.15, 0.2) is 5.65 Å². The number of likely N-dealkylation sites (tertiary alicyclic amines) is 1. The summed E-state index contributed by atoms with van der Waals surface area (Å²) in [4.78, 5) is 15.2. The van der Waals surface area contributed by atoms with Crippen LogP contribution in [0.5, 0.6) is 0 Å². The lowest BCUT2D eigenvalue weighted by atomic mass is 10.2. The van der Waals surface area contributed by atoms with E-state index in [9.17, 15) is 13.2 Å². The summed E-state index contributed by atoms with van der Waals surface area (Å²) >= 11 is 0. The molecular formula is C20H21F3N8. The topological polar surface area (TPSA) is 76.2 Å². The van der Waals surface area contributed by atoms with E-state index in [1.807, 2.05) is 18.0 Å². The molecule has 1 N–H and O–H groups in total. The fourth-order valence-electron chi connectivity index (χ4n) is 4.06. The Hall–Kier alpha value is -3.21. The van der Waals surface area contributed by atoms with Crippen molar-refractivity contribution in [2.45, 2.75) is 32.1 Å². The lowest BCUT2D eigenvalue weighted by Crippen LogP contribution is -2.30. The Bertz CT molecular complexity index is 1250. The van der Waals surface area contributed by atoms with Gasteiger partial charge in [-0.2, -0.15) is 0 Å². The van der Waals surface area contributed by atoms with Crippen LogP contribution in [-0.2, 0) is 6.54 Å². The first-order valence-corrected chi connectivity index (χ1v) is 9.95. The summed E-state index contributed by atoms with van der Waals surface area (Å²) < 4.78 is 43.1. The minimum absolute atomic E-state index is 0.339. The molecule has 0 radical (unpaired) electrons. The SMILES string of the molecule is Cc1nc2ccc(-c3ccn4nc(N[C@@H]5CN(C)C[C@@H]5F)ncc34)nc2n1CC(F)F. The minimum Gasteiger partial charge on any atom is -0.346 e. The van der Waals surface area contributed by atoms with Gasteiger partial charge in [-0.25, -0.2) is 32.6 Å². The number of nitrogens with zero attached hydrogens (tertiary/aromatic N) is 7. The zero-order valence-corrected chi connectivity index (χ0v) is 17.0. The van der Waals surface area contributed by atoms with Crippen molar-refractivity contribution in [1.82, 2.24) is 34.0 Å². The van der Waals surface area contributed by atoms with E-state index in [0.29, 0.717) is 47.2 Å². The molecule has 5 heterocycles. The maximum absolute atomic E-state index is 14.1. The molecule has 0 saturated carbocycles. The summed E-state index contributed by atoms with van der Waals surface area (Å²) in [5.74, 6) is 0.830. The lowest BCUT2D eigenvalue weighted by Gasteiger charge is -2.14. The fraction of sp³-hybridized carbons (Fsp3) is 0.400. The van der Waals surface area contributed by atoms with Crippen LogP contribution in [-0.4, -0.2) is 72.8 Å². The number of hydrogen-bond donors (Lipinski definition) is 1. The van der Waals surface area contributed by atoms with Crippen LogP contribution in [0.15, 0.2) is 30.6 Å². The smallest absolute Gasteiger partial charge is 0.256 e. The Morgan fingerprint density at radius 1 is 1.19 bits per heavy atom. The summed E-state index contributed by atoms with van der Waals surface area (Å²) in [6.45, 7) is 2.18. The molecule has 5 rings (SSSR count). The van der Waals surface area contributed by atoms with E-state index in [-0.39, 0.29) is 6.04 Å². The highest BCUT2D eigenvalue weighted by molar-refractivity contribution is 5.82. The zero-order valence-electron chi connectivity index (χ0n) is 17.0. The van der Waals surface area contributed by atoms with Gasteiger partial charge in [-0.15, -0.1) is 5.10 Å². The maximum Gasteiger partial charge on any atom is 0.256 e. The van der Waals surface area contributed by atoms with E-state index in [4.69, 9.17) is 0 Å². The third-order valence-electron chi connectivity index (χ3n) is 5.54. The average Bonchev–Trinajstić information content (AvgIpc) is 3.37.